The molecule has 19 heavy (non-hydrogen) atoms. The van der Waals surface area contributed by atoms with Crippen LogP contribution in [0.3, 0.4) is 0 Å². The first-order valence-electron chi connectivity index (χ1n) is 6.76. The van der Waals surface area contributed by atoms with Crippen molar-refractivity contribution in [3.05, 3.63) is 34.1 Å². The fourth-order valence-corrected chi connectivity index (χ4v) is 3.31. The molecule has 0 spiro atoms. The molecule has 1 amide bonds. The summed E-state index contributed by atoms with van der Waals surface area (Å²) in [5, 5.41) is 0. The number of likely N-dealkylation sites (tertiary alicyclic amines) is 1. The second kappa shape index (κ2) is 5.61. The second-order valence-electron chi connectivity index (χ2n) is 5.28. The van der Waals surface area contributed by atoms with Gasteiger partial charge in [0.25, 0.3) is 5.91 Å². The van der Waals surface area contributed by atoms with Crippen LogP contribution in [0.25, 0.3) is 0 Å². The van der Waals surface area contributed by atoms with E-state index in [4.69, 9.17) is 0 Å². The quantitative estimate of drug-likeness (QED) is 0.813. The van der Waals surface area contributed by atoms with E-state index in [2.05, 4.69) is 29.8 Å². The molecule has 0 radical (unpaired) electrons. The van der Waals surface area contributed by atoms with Gasteiger partial charge in [-0.05, 0) is 52.7 Å². The van der Waals surface area contributed by atoms with Crippen LogP contribution in [0.1, 0.15) is 43.5 Å². The van der Waals surface area contributed by atoms with Gasteiger partial charge in [0.05, 0.1) is 5.56 Å². The first kappa shape index (κ1) is 14.5. The molecule has 0 aromatic heterocycles. The fraction of sp³-hybridized carbons (Fsp3) is 0.533. The Labute approximate surface area is 122 Å². The van der Waals surface area contributed by atoms with Crippen molar-refractivity contribution in [2.45, 2.75) is 33.1 Å². The molecule has 1 saturated heterocycles. The lowest BCUT2D eigenvalue weighted by atomic mass is 9.82. The lowest BCUT2D eigenvalue weighted by molar-refractivity contribution is 0.0764. The Morgan fingerprint density at radius 2 is 2.11 bits per heavy atom. The molecule has 2 nitrogen and oxygen atoms in total. The maximum Gasteiger partial charge on any atom is 0.258 e. The smallest absolute Gasteiger partial charge is 0.258 e. The van der Waals surface area contributed by atoms with Gasteiger partial charge < -0.3 is 4.90 Å². The normalized spacial score (nSPS) is 17.8. The summed E-state index contributed by atoms with van der Waals surface area (Å²) in [5.74, 6) is -0.654. The minimum absolute atomic E-state index is 0.158. The third kappa shape index (κ3) is 2.69. The molecule has 0 saturated carbocycles. The number of hydrogen-bond donors (Lipinski definition) is 0. The van der Waals surface area contributed by atoms with E-state index >= 15 is 0 Å². The highest BCUT2D eigenvalue weighted by Crippen LogP contribution is 2.38. The van der Waals surface area contributed by atoms with Gasteiger partial charge in [-0.25, -0.2) is 4.39 Å². The predicted molar refractivity (Wildman–Crippen MR) is 77.6 cm³/mol. The van der Waals surface area contributed by atoms with Crippen LogP contribution < -0.4 is 0 Å². The SMILES string of the molecule is CCC1(CC)CCN(C(=O)c2c(F)cccc2Br)C1. The third-order valence-corrected chi connectivity index (χ3v) is 5.06. The third-order valence-electron chi connectivity index (χ3n) is 4.40. The molecular formula is C15H19BrFNO. The highest BCUT2D eigenvalue weighted by atomic mass is 79.9. The molecule has 0 bridgehead atoms. The van der Waals surface area contributed by atoms with Crippen LogP contribution in [0.2, 0.25) is 0 Å². The van der Waals surface area contributed by atoms with Gasteiger partial charge in [-0.1, -0.05) is 19.9 Å². The van der Waals surface area contributed by atoms with E-state index in [1.165, 1.54) is 6.07 Å². The Morgan fingerprint density at radius 3 is 2.63 bits per heavy atom. The van der Waals surface area contributed by atoms with Gasteiger partial charge in [0.2, 0.25) is 0 Å². The summed E-state index contributed by atoms with van der Waals surface area (Å²) in [4.78, 5) is 14.3. The molecule has 4 heteroatoms. The highest BCUT2D eigenvalue weighted by Gasteiger charge is 2.38. The Morgan fingerprint density at radius 1 is 1.42 bits per heavy atom. The highest BCUT2D eigenvalue weighted by molar-refractivity contribution is 9.10. The van der Waals surface area contributed by atoms with Crippen molar-refractivity contribution in [1.29, 1.82) is 0 Å². The number of nitrogens with zero attached hydrogens (tertiary/aromatic N) is 1. The first-order valence-corrected chi connectivity index (χ1v) is 7.55. The average molecular weight is 328 g/mol. The molecule has 1 aliphatic heterocycles. The maximum absolute atomic E-state index is 13.8. The predicted octanol–water partition coefficient (Wildman–Crippen LogP) is 4.24. The summed E-state index contributed by atoms with van der Waals surface area (Å²) in [6.45, 7) is 5.79. The van der Waals surface area contributed by atoms with Crippen LogP contribution in [-0.4, -0.2) is 23.9 Å². The van der Waals surface area contributed by atoms with Crippen LogP contribution >= 0.6 is 15.9 Å². The van der Waals surface area contributed by atoms with Crippen LogP contribution in [-0.2, 0) is 0 Å². The van der Waals surface area contributed by atoms with E-state index in [0.717, 1.165) is 32.4 Å². The minimum atomic E-state index is -0.454. The average Bonchev–Trinajstić information content (AvgIpc) is 2.83. The lowest BCUT2D eigenvalue weighted by Crippen LogP contribution is -2.32. The molecule has 2 rings (SSSR count). The zero-order valence-electron chi connectivity index (χ0n) is 11.4. The van der Waals surface area contributed by atoms with E-state index in [9.17, 15) is 9.18 Å². The monoisotopic (exact) mass is 327 g/mol. The van der Waals surface area contributed by atoms with Gasteiger partial charge >= 0.3 is 0 Å². The maximum atomic E-state index is 13.8. The summed E-state index contributed by atoms with van der Waals surface area (Å²) < 4.78 is 14.4. The van der Waals surface area contributed by atoms with Gasteiger partial charge in [-0.3, -0.25) is 4.79 Å². The van der Waals surface area contributed by atoms with Gasteiger partial charge in [-0.15, -0.1) is 0 Å². The Bertz CT molecular complexity index is 465. The Hall–Kier alpha value is -0.900. The molecule has 104 valence electrons. The number of benzene rings is 1. The van der Waals surface area contributed by atoms with Gasteiger partial charge in [0.15, 0.2) is 0 Å². The molecule has 1 fully saturated rings. The van der Waals surface area contributed by atoms with Crippen LogP contribution in [0, 0.1) is 11.2 Å². The van der Waals surface area contributed by atoms with E-state index in [-0.39, 0.29) is 16.9 Å². The Kier molecular flexibility index (Phi) is 4.29. The number of hydrogen-bond acceptors (Lipinski definition) is 1. The molecule has 1 aromatic carbocycles. The van der Waals surface area contributed by atoms with E-state index in [0.29, 0.717) is 4.47 Å². The van der Waals surface area contributed by atoms with E-state index in [1.54, 1.807) is 17.0 Å². The number of rotatable bonds is 3. The number of halogens is 2. The lowest BCUT2D eigenvalue weighted by Gasteiger charge is -2.26. The zero-order valence-corrected chi connectivity index (χ0v) is 13.0. The molecule has 1 aliphatic rings. The number of amides is 1. The van der Waals surface area contributed by atoms with Crippen molar-refractivity contribution in [3.63, 3.8) is 0 Å². The molecule has 1 heterocycles. The summed E-state index contributed by atoms with van der Waals surface area (Å²) >= 11 is 3.27. The van der Waals surface area contributed by atoms with Crippen LogP contribution in [0.4, 0.5) is 4.39 Å². The topological polar surface area (TPSA) is 20.3 Å². The summed E-state index contributed by atoms with van der Waals surface area (Å²) in [7, 11) is 0. The largest absolute Gasteiger partial charge is 0.338 e. The van der Waals surface area contributed by atoms with Crippen molar-refractivity contribution in [1.82, 2.24) is 4.90 Å². The summed E-state index contributed by atoms with van der Waals surface area (Å²) in [6, 6.07) is 4.64. The number of carbonyl (C=O) groups excluding carboxylic acids is 1. The molecule has 0 aliphatic carbocycles. The molecule has 1 aromatic rings. The molecule has 0 N–H and O–H groups in total. The van der Waals surface area contributed by atoms with Crippen molar-refractivity contribution in [2.24, 2.45) is 5.41 Å². The summed E-state index contributed by atoms with van der Waals surface area (Å²) in [6.07, 6.45) is 3.13. The van der Waals surface area contributed by atoms with Gasteiger partial charge in [0, 0.05) is 17.6 Å². The fourth-order valence-electron chi connectivity index (χ4n) is 2.80. The van der Waals surface area contributed by atoms with Crippen molar-refractivity contribution in [2.75, 3.05) is 13.1 Å². The van der Waals surface area contributed by atoms with Crippen LogP contribution in [0.5, 0.6) is 0 Å². The minimum Gasteiger partial charge on any atom is -0.338 e. The second-order valence-corrected chi connectivity index (χ2v) is 6.13. The zero-order chi connectivity index (χ0) is 14.0. The van der Waals surface area contributed by atoms with Gasteiger partial charge in [-0.2, -0.15) is 0 Å². The van der Waals surface area contributed by atoms with E-state index < -0.39 is 5.82 Å². The van der Waals surface area contributed by atoms with Crippen molar-refractivity contribution in [3.8, 4) is 0 Å². The molecular weight excluding hydrogens is 309 g/mol. The standard InChI is InChI=1S/C15H19BrFNO/c1-3-15(4-2)8-9-18(10-15)14(19)13-11(16)6-5-7-12(13)17/h5-7H,3-4,8-10H2,1-2H3. The van der Waals surface area contributed by atoms with Crippen molar-refractivity contribution < 1.29 is 9.18 Å². The Balaban J connectivity index is 2.23. The summed E-state index contributed by atoms with van der Waals surface area (Å²) in [5.41, 5.74) is 0.374. The van der Waals surface area contributed by atoms with Crippen LogP contribution in [0.15, 0.2) is 22.7 Å². The number of carbonyl (C=O) groups is 1. The molecule has 0 unspecified atom stereocenters. The first-order chi connectivity index (χ1) is 9.03. The van der Waals surface area contributed by atoms with Gasteiger partial charge in [0.1, 0.15) is 5.82 Å². The van der Waals surface area contributed by atoms with Crippen molar-refractivity contribution >= 4 is 21.8 Å². The van der Waals surface area contributed by atoms with E-state index in [1.807, 2.05) is 0 Å². The molecule has 0 atom stereocenters.